The zero-order valence-corrected chi connectivity index (χ0v) is 20.1. The maximum atomic E-state index is 13.6. The summed E-state index contributed by atoms with van der Waals surface area (Å²) in [6.45, 7) is 6.05. The van der Waals surface area contributed by atoms with Crippen molar-refractivity contribution in [3.8, 4) is 0 Å². The Bertz CT molecular complexity index is 1050. The number of fused-ring (bicyclic) bond motifs is 1. The number of benzene rings is 2. The molecule has 1 saturated carbocycles. The van der Waals surface area contributed by atoms with Gasteiger partial charge in [0.1, 0.15) is 5.54 Å². The van der Waals surface area contributed by atoms with Gasteiger partial charge in [-0.2, -0.15) is 0 Å². The number of carbonyl (C=O) groups excluding carboxylic acids is 2. The van der Waals surface area contributed by atoms with Crippen LogP contribution in [0.2, 0.25) is 10.0 Å². The van der Waals surface area contributed by atoms with E-state index in [0.29, 0.717) is 28.6 Å². The summed E-state index contributed by atoms with van der Waals surface area (Å²) in [7, 11) is 0. The number of rotatable bonds is 8. The summed E-state index contributed by atoms with van der Waals surface area (Å²) in [5.74, 6) is -0.0341. The van der Waals surface area contributed by atoms with Crippen LogP contribution in [0, 0.1) is 5.92 Å². The Balaban J connectivity index is 1.80. The van der Waals surface area contributed by atoms with Crippen molar-refractivity contribution < 1.29 is 9.59 Å². The molecule has 0 radical (unpaired) electrons. The Hall–Kier alpha value is -2.08. The van der Waals surface area contributed by atoms with Crippen molar-refractivity contribution in [1.29, 1.82) is 0 Å². The third-order valence-electron chi connectivity index (χ3n) is 6.16. The molecule has 2 amide bonds. The predicted octanol–water partition coefficient (Wildman–Crippen LogP) is 5.06. The molecule has 0 saturated heterocycles. The largest absolute Gasteiger partial charge is 0.352 e. The van der Waals surface area contributed by atoms with Crippen LogP contribution in [-0.4, -0.2) is 23.4 Å². The molecule has 0 spiro atoms. The molecule has 2 atom stereocenters. The summed E-state index contributed by atoms with van der Waals surface area (Å²) in [4.78, 5) is 27.0. The number of halogens is 2. The lowest BCUT2D eigenvalue weighted by Gasteiger charge is -2.40. The molecule has 0 aromatic heterocycles. The van der Waals surface area contributed by atoms with Gasteiger partial charge in [-0.15, -0.1) is 0 Å². The SMILES string of the molecule is CC(C)CC(C)(N[C@]1(Cc2cccc(Cl)c2)C(=O)Nc2cc(Cl)ccc21)C(=O)NC1CC1. The molecule has 3 N–H and O–H groups in total. The monoisotopic (exact) mass is 473 g/mol. The van der Waals surface area contributed by atoms with Crippen LogP contribution in [0.3, 0.4) is 0 Å². The number of hydrogen-bond donors (Lipinski definition) is 3. The van der Waals surface area contributed by atoms with Gasteiger partial charge in [-0.25, -0.2) is 0 Å². The highest BCUT2D eigenvalue weighted by molar-refractivity contribution is 6.31. The van der Waals surface area contributed by atoms with E-state index < -0.39 is 11.1 Å². The maximum Gasteiger partial charge on any atom is 0.249 e. The van der Waals surface area contributed by atoms with Gasteiger partial charge in [-0.3, -0.25) is 14.9 Å². The molecule has 1 aliphatic carbocycles. The smallest absolute Gasteiger partial charge is 0.249 e. The van der Waals surface area contributed by atoms with Crippen molar-refractivity contribution in [2.75, 3.05) is 5.32 Å². The number of anilines is 1. The zero-order chi connectivity index (χ0) is 23.1. The normalized spacial score (nSPS) is 21.8. The highest BCUT2D eigenvalue weighted by atomic mass is 35.5. The van der Waals surface area contributed by atoms with Gasteiger partial charge >= 0.3 is 0 Å². The van der Waals surface area contributed by atoms with Gasteiger partial charge < -0.3 is 10.6 Å². The first kappa shape index (κ1) is 23.1. The Kier molecular flexibility index (Phi) is 6.27. The third-order valence-corrected chi connectivity index (χ3v) is 6.63. The van der Waals surface area contributed by atoms with Gasteiger partial charge in [0.2, 0.25) is 11.8 Å². The third kappa shape index (κ3) is 4.66. The van der Waals surface area contributed by atoms with Crippen LogP contribution in [0.1, 0.15) is 51.2 Å². The van der Waals surface area contributed by atoms with Crippen molar-refractivity contribution in [2.24, 2.45) is 5.92 Å². The molecule has 2 aromatic rings. The molecule has 32 heavy (non-hydrogen) atoms. The van der Waals surface area contributed by atoms with Crippen molar-refractivity contribution >= 4 is 40.7 Å². The van der Waals surface area contributed by atoms with Crippen LogP contribution in [-0.2, 0) is 21.5 Å². The van der Waals surface area contributed by atoms with Crippen molar-refractivity contribution in [1.82, 2.24) is 10.6 Å². The van der Waals surface area contributed by atoms with Gasteiger partial charge in [0.05, 0.1) is 5.54 Å². The summed E-state index contributed by atoms with van der Waals surface area (Å²) in [6, 6.07) is 13.1. The molecule has 1 fully saturated rings. The molecule has 1 heterocycles. The van der Waals surface area contributed by atoms with Gasteiger partial charge in [0.25, 0.3) is 0 Å². The highest BCUT2D eigenvalue weighted by Crippen LogP contribution is 2.42. The first-order valence-corrected chi connectivity index (χ1v) is 11.8. The zero-order valence-electron chi connectivity index (χ0n) is 18.6. The molecule has 1 unspecified atom stereocenters. The Morgan fingerprint density at radius 1 is 1.19 bits per heavy atom. The van der Waals surface area contributed by atoms with Crippen molar-refractivity contribution in [3.63, 3.8) is 0 Å². The Labute approximate surface area is 199 Å². The fourth-order valence-corrected chi connectivity index (χ4v) is 5.09. The number of hydrogen-bond acceptors (Lipinski definition) is 3. The lowest BCUT2D eigenvalue weighted by Crippen LogP contribution is -2.65. The van der Waals surface area contributed by atoms with Gasteiger partial charge in [0.15, 0.2) is 0 Å². The van der Waals surface area contributed by atoms with Crippen LogP contribution in [0.15, 0.2) is 42.5 Å². The van der Waals surface area contributed by atoms with Crippen LogP contribution >= 0.6 is 23.2 Å². The summed E-state index contributed by atoms with van der Waals surface area (Å²) >= 11 is 12.5. The summed E-state index contributed by atoms with van der Waals surface area (Å²) in [6.07, 6.45) is 2.93. The van der Waals surface area contributed by atoms with Gasteiger partial charge in [-0.05, 0) is 61.9 Å². The molecule has 7 heteroatoms. The van der Waals surface area contributed by atoms with E-state index in [-0.39, 0.29) is 23.8 Å². The second-order valence-corrected chi connectivity index (χ2v) is 10.5. The number of carbonyl (C=O) groups is 2. The molecular formula is C25H29Cl2N3O2. The molecule has 2 aromatic carbocycles. The Morgan fingerprint density at radius 2 is 1.91 bits per heavy atom. The first-order chi connectivity index (χ1) is 15.1. The second-order valence-electron chi connectivity index (χ2n) is 9.66. The summed E-state index contributed by atoms with van der Waals surface area (Å²) in [5.41, 5.74) is 0.244. The molecule has 0 bridgehead atoms. The maximum absolute atomic E-state index is 13.6. The average Bonchev–Trinajstić information content (AvgIpc) is 3.46. The van der Waals surface area contributed by atoms with E-state index >= 15 is 0 Å². The molecule has 170 valence electrons. The lowest BCUT2D eigenvalue weighted by atomic mass is 9.79. The molecule has 1 aliphatic heterocycles. The van der Waals surface area contributed by atoms with E-state index in [1.165, 1.54) is 0 Å². The van der Waals surface area contributed by atoms with E-state index in [1.54, 1.807) is 18.2 Å². The summed E-state index contributed by atoms with van der Waals surface area (Å²) < 4.78 is 0. The minimum Gasteiger partial charge on any atom is -0.352 e. The van der Waals surface area contributed by atoms with Crippen LogP contribution in [0.5, 0.6) is 0 Å². The quantitative estimate of drug-likeness (QED) is 0.501. The summed E-state index contributed by atoms with van der Waals surface area (Å²) in [5, 5.41) is 10.8. The first-order valence-electron chi connectivity index (χ1n) is 11.1. The molecular weight excluding hydrogens is 445 g/mol. The van der Waals surface area contributed by atoms with Gasteiger partial charge in [0, 0.05) is 33.8 Å². The predicted molar refractivity (Wildman–Crippen MR) is 129 cm³/mol. The van der Waals surface area contributed by atoms with Gasteiger partial charge in [-0.1, -0.05) is 55.2 Å². The molecule has 4 rings (SSSR count). The highest BCUT2D eigenvalue weighted by Gasteiger charge is 2.52. The van der Waals surface area contributed by atoms with E-state index in [4.69, 9.17) is 23.2 Å². The van der Waals surface area contributed by atoms with Crippen LogP contribution < -0.4 is 16.0 Å². The topological polar surface area (TPSA) is 70.2 Å². The van der Waals surface area contributed by atoms with E-state index in [0.717, 1.165) is 24.0 Å². The van der Waals surface area contributed by atoms with Crippen molar-refractivity contribution in [2.45, 2.75) is 63.6 Å². The molecule has 2 aliphatic rings. The number of nitrogens with one attached hydrogen (secondary N) is 3. The van der Waals surface area contributed by atoms with Crippen LogP contribution in [0.25, 0.3) is 0 Å². The fraction of sp³-hybridized carbons (Fsp3) is 0.440. The number of amides is 2. The van der Waals surface area contributed by atoms with E-state index in [2.05, 4.69) is 29.8 Å². The lowest BCUT2D eigenvalue weighted by molar-refractivity contribution is -0.131. The minimum absolute atomic E-state index is 0.0746. The minimum atomic E-state index is -1.14. The van der Waals surface area contributed by atoms with Crippen molar-refractivity contribution in [3.05, 3.63) is 63.6 Å². The van der Waals surface area contributed by atoms with Crippen LogP contribution in [0.4, 0.5) is 5.69 Å². The fourth-order valence-electron chi connectivity index (χ4n) is 4.70. The Morgan fingerprint density at radius 3 is 2.56 bits per heavy atom. The average molecular weight is 474 g/mol. The standard InChI is InChI=1S/C25H29Cl2N3O2/c1-15(2)13-24(3,22(31)28-19-8-9-19)30-25(14-16-5-4-6-17(26)11-16)20-10-7-18(27)12-21(20)29-23(25)32/h4-7,10-12,15,19,30H,8-9,13-14H2,1-3H3,(H,28,31)(H,29,32)/t24?,25-/m0/s1. The van der Waals surface area contributed by atoms with E-state index in [1.807, 2.05) is 31.2 Å². The molecule has 5 nitrogen and oxygen atoms in total. The second kappa shape index (κ2) is 8.69. The van der Waals surface area contributed by atoms with E-state index in [9.17, 15) is 9.59 Å².